The van der Waals surface area contributed by atoms with Crippen LogP contribution in [0.4, 0.5) is 4.39 Å². The third-order valence-corrected chi connectivity index (χ3v) is 6.18. The number of carbonyl (C=O) groups is 1. The molecule has 1 aliphatic rings. The van der Waals surface area contributed by atoms with Gasteiger partial charge in [-0.25, -0.2) is 12.8 Å². The molecule has 7 heteroatoms. The fourth-order valence-corrected chi connectivity index (χ4v) is 4.85. The van der Waals surface area contributed by atoms with Gasteiger partial charge in [-0.3, -0.25) is 4.79 Å². The van der Waals surface area contributed by atoms with Crippen LogP contribution in [0.15, 0.2) is 24.3 Å². The maximum Gasteiger partial charge on any atom is 0.314 e. The van der Waals surface area contributed by atoms with Crippen LogP contribution in [0.1, 0.15) is 18.4 Å². The Kier molecular flexibility index (Phi) is 3.60. The first-order chi connectivity index (χ1) is 9.31. The Balaban J connectivity index is 2.54. The van der Waals surface area contributed by atoms with Crippen molar-refractivity contribution in [2.75, 3.05) is 12.4 Å². The second-order valence-electron chi connectivity index (χ2n) is 4.91. The van der Waals surface area contributed by atoms with Gasteiger partial charge in [0, 0.05) is 11.7 Å². The van der Waals surface area contributed by atoms with Crippen LogP contribution < -0.4 is 0 Å². The molecule has 0 spiro atoms. The number of sulfone groups is 1. The number of aliphatic hydroxyl groups is 1. The molecule has 0 bridgehead atoms. The molecule has 5 nitrogen and oxygen atoms in total. The van der Waals surface area contributed by atoms with Gasteiger partial charge in [0.2, 0.25) is 0 Å². The summed E-state index contributed by atoms with van der Waals surface area (Å²) in [5.74, 6) is -3.10. The third-order valence-electron chi connectivity index (χ3n) is 3.91. The van der Waals surface area contributed by atoms with Crippen LogP contribution in [0.3, 0.4) is 0 Å². The van der Waals surface area contributed by atoms with E-state index in [-0.39, 0.29) is 11.3 Å². The predicted octanol–water partition coefficient (Wildman–Crippen LogP) is 0.790. The van der Waals surface area contributed by atoms with Crippen LogP contribution in [0, 0.1) is 11.2 Å². The number of benzene rings is 1. The average Bonchev–Trinajstić information content (AvgIpc) is 3.10. The molecule has 0 radical (unpaired) electrons. The van der Waals surface area contributed by atoms with Crippen molar-refractivity contribution in [2.45, 2.75) is 18.1 Å². The number of hydrogen-bond acceptors (Lipinski definition) is 4. The Bertz CT molecular complexity index is 642. The Hall–Kier alpha value is -1.47. The normalized spacial score (nSPS) is 29.1. The molecular weight excluding hydrogens is 287 g/mol. The molecule has 0 saturated heterocycles. The van der Waals surface area contributed by atoms with Crippen LogP contribution in [-0.2, 0) is 14.6 Å². The maximum absolute atomic E-state index is 13.3. The Morgan fingerprint density at radius 2 is 2.10 bits per heavy atom. The van der Waals surface area contributed by atoms with E-state index in [0.29, 0.717) is 0 Å². The number of aliphatic hydroxyl groups excluding tert-OH is 1. The molecule has 0 aliphatic heterocycles. The molecule has 1 fully saturated rings. The van der Waals surface area contributed by atoms with Gasteiger partial charge in [0.1, 0.15) is 11.2 Å². The molecule has 3 atom stereocenters. The summed E-state index contributed by atoms with van der Waals surface area (Å²) in [5.41, 5.74) is -1.49. The summed E-state index contributed by atoms with van der Waals surface area (Å²) in [5, 5.41) is 17.5. The van der Waals surface area contributed by atoms with Crippen LogP contribution in [-0.4, -0.2) is 42.2 Å². The first kappa shape index (κ1) is 14.9. The molecule has 1 saturated carbocycles. The number of aliphatic carboxylic acids is 1. The number of carboxylic acids is 1. The zero-order valence-corrected chi connectivity index (χ0v) is 11.6. The van der Waals surface area contributed by atoms with E-state index in [1.807, 2.05) is 0 Å². The molecule has 20 heavy (non-hydrogen) atoms. The molecule has 1 aliphatic carbocycles. The summed E-state index contributed by atoms with van der Waals surface area (Å²) < 4.78 is 37.3. The van der Waals surface area contributed by atoms with E-state index in [4.69, 9.17) is 0 Å². The molecule has 0 aromatic heterocycles. The van der Waals surface area contributed by atoms with E-state index >= 15 is 0 Å². The summed E-state index contributed by atoms with van der Waals surface area (Å²) in [4.78, 5) is 11.4. The van der Waals surface area contributed by atoms with Crippen molar-refractivity contribution in [1.29, 1.82) is 0 Å². The van der Waals surface area contributed by atoms with Crippen molar-refractivity contribution in [2.24, 2.45) is 5.41 Å². The van der Waals surface area contributed by atoms with Gasteiger partial charge in [0.05, 0.1) is 11.9 Å². The molecule has 2 rings (SSSR count). The highest BCUT2D eigenvalue weighted by molar-refractivity contribution is 7.92. The quantitative estimate of drug-likeness (QED) is 0.839. The minimum absolute atomic E-state index is 0.224. The second-order valence-corrected chi connectivity index (χ2v) is 7.32. The van der Waals surface area contributed by atoms with E-state index in [1.165, 1.54) is 25.1 Å². The summed E-state index contributed by atoms with van der Waals surface area (Å²) in [6, 6.07) is 5.18. The first-order valence-electron chi connectivity index (χ1n) is 6.12. The van der Waals surface area contributed by atoms with Crippen molar-refractivity contribution < 1.29 is 27.8 Å². The standard InChI is InChI=1S/C13H15FO5S/c1-2-20(18,19)11-10(13(11,7-15)12(16)17)8-4-3-5-9(14)6-8/h3-6,10-11,15H,2,7H2,1H3,(H,16,17)/t10-,11+,13-/m1/s1. The topological polar surface area (TPSA) is 91.7 Å². The average molecular weight is 302 g/mol. The van der Waals surface area contributed by atoms with Crippen LogP contribution in [0.2, 0.25) is 0 Å². The highest BCUT2D eigenvalue weighted by Crippen LogP contribution is 2.63. The summed E-state index contributed by atoms with van der Waals surface area (Å²) in [6.45, 7) is 0.619. The molecule has 1 aromatic carbocycles. The lowest BCUT2D eigenvalue weighted by Crippen LogP contribution is -2.28. The number of rotatable bonds is 5. The molecule has 0 heterocycles. The fourth-order valence-electron chi connectivity index (χ4n) is 2.79. The van der Waals surface area contributed by atoms with Gasteiger partial charge in [0.25, 0.3) is 0 Å². The Morgan fingerprint density at radius 1 is 1.45 bits per heavy atom. The Labute approximate surface area is 116 Å². The van der Waals surface area contributed by atoms with Crippen LogP contribution in [0.25, 0.3) is 0 Å². The highest BCUT2D eigenvalue weighted by Gasteiger charge is 2.75. The maximum atomic E-state index is 13.3. The fraction of sp³-hybridized carbons (Fsp3) is 0.462. The third kappa shape index (κ3) is 2.01. The monoisotopic (exact) mass is 302 g/mol. The zero-order valence-electron chi connectivity index (χ0n) is 10.8. The van der Waals surface area contributed by atoms with E-state index < -0.39 is 44.8 Å². The Morgan fingerprint density at radius 3 is 2.55 bits per heavy atom. The van der Waals surface area contributed by atoms with Crippen molar-refractivity contribution in [3.8, 4) is 0 Å². The number of hydrogen-bond donors (Lipinski definition) is 2. The van der Waals surface area contributed by atoms with E-state index in [1.54, 1.807) is 0 Å². The predicted molar refractivity (Wildman–Crippen MR) is 69.5 cm³/mol. The lowest BCUT2D eigenvalue weighted by molar-refractivity contribution is -0.145. The van der Waals surface area contributed by atoms with Crippen LogP contribution in [0.5, 0.6) is 0 Å². The van der Waals surface area contributed by atoms with Gasteiger partial charge in [-0.2, -0.15) is 0 Å². The molecule has 2 N–H and O–H groups in total. The van der Waals surface area contributed by atoms with Gasteiger partial charge in [-0.15, -0.1) is 0 Å². The van der Waals surface area contributed by atoms with Gasteiger partial charge in [-0.05, 0) is 17.7 Å². The highest BCUT2D eigenvalue weighted by atomic mass is 32.2. The molecule has 110 valence electrons. The lowest BCUT2D eigenvalue weighted by Gasteiger charge is -2.08. The smallest absolute Gasteiger partial charge is 0.314 e. The molecule has 1 aromatic rings. The zero-order chi connectivity index (χ0) is 15.1. The summed E-state index contributed by atoms with van der Waals surface area (Å²) in [7, 11) is -3.66. The largest absolute Gasteiger partial charge is 0.481 e. The summed E-state index contributed by atoms with van der Waals surface area (Å²) >= 11 is 0. The SMILES string of the molecule is CCS(=O)(=O)[C@H]1[C@@H](c2cccc(F)c2)[C@@]1(CO)C(=O)O. The summed E-state index contributed by atoms with van der Waals surface area (Å²) in [6.07, 6.45) is 0. The molecule has 0 unspecified atom stereocenters. The number of halogens is 1. The van der Waals surface area contributed by atoms with Crippen molar-refractivity contribution in [3.05, 3.63) is 35.6 Å². The minimum atomic E-state index is -3.66. The second kappa shape index (κ2) is 4.82. The van der Waals surface area contributed by atoms with Crippen LogP contribution >= 0.6 is 0 Å². The van der Waals surface area contributed by atoms with Crippen molar-refractivity contribution in [3.63, 3.8) is 0 Å². The van der Waals surface area contributed by atoms with Gasteiger partial charge in [0.15, 0.2) is 9.84 Å². The minimum Gasteiger partial charge on any atom is -0.481 e. The van der Waals surface area contributed by atoms with Gasteiger partial charge in [-0.1, -0.05) is 19.1 Å². The number of carboxylic acid groups (broad SMARTS) is 1. The van der Waals surface area contributed by atoms with E-state index in [2.05, 4.69) is 0 Å². The van der Waals surface area contributed by atoms with Crippen molar-refractivity contribution in [1.82, 2.24) is 0 Å². The molecule has 0 amide bonds. The van der Waals surface area contributed by atoms with Crippen molar-refractivity contribution >= 4 is 15.8 Å². The van der Waals surface area contributed by atoms with E-state index in [0.717, 1.165) is 6.07 Å². The van der Waals surface area contributed by atoms with Gasteiger partial charge < -0.3 is 10.2 Å². The molecular formula is C13H15FO5S. The van der Waals surface area contributed by atoms with Gasteiger partial charge >= 0.3 is 5.97 Å². The van der Waals surface area contributed by atoms with E-state index in [9.17, 15) is 27.8 Å². The lowest BCUT2D eigenvalue weighted by atomic mass is 10.00. The first-order valence-corrected chi connectivity index (χ1v) is 7.84.